The van der Waals surface area contributed by atoms with Gasteiger partial charge in [0.05, 0.1) is 0 Å². The number of hydrogen-bond donors (Lipinski definition) is 1. The van der Waals surface area contributed by atoms with Crippen LogP contribution in [0.5, 0.6) is 0 Å². The van der Waals surface area contributed by atoms with Crippen LogP contribution in [0.4, 0.5) is 11.4 Å². The maximum atomic E-state index is 13.0. The number of carbonyl (C=O) groups is 2. The predicted octanol–water partition coefficient (Wildman–Crippen LogP) is 5.26. The van der Waals surface area contributed by atoms with Crippen molar-refractivity contribution in [2.75, 3.05) is 16.8 Å². The Kier molecular flexibility index (Phi) is 7.87. The molecular formula is C22H28N2O2. The summed E-state index contributed by atoms with van der Waals surface area (Å²) in [7, 11) is 0. The van der Waals surface area contributed by atoms with Crippen molar-refractivity contribution < 1.29 is 9.59 Å². The Hall–Kier alpha value is -2.62. The lowest BCUT2D eigenvalue weighted by Gasteiger charge is -2.23. The highest BCUT2D eigenvalue weighted by Crippen LogP contribution is 2.19. The molecule has 1 N–H and O–H groups in total. The molecule has 138 valence electrons. The normalized spacial score (nSPS) is 10.4. The number of carbonyl (C=O) groups excluding carboxylic acids is 2. The Bertz CT molecular complexity index is 696. The highest BCUT2D eigenvalue weighted by molar-refractivity contribution is 6.06. The van der Waals surface area contributed by atoms with Crippen molar-refractivity contribution in [3.63, 3.8) is 0 Å². The van der Waals surface area contributed by atoms with Crippen LogP contribution in [-0.2, 0) is 4.79 Å². The lowest BCUT2D eigenvalue weighted by atomic mass is 10.1. The van der Waals surface area contributed by atoms with Crippen molar-refractivity contribution in [3.05, 3.63) is 60.2 Å². The second kappa shape index (κ2) is 10.4. The first-order valence-electron chi connectivity index (χ1n) is 9.42. The zero-order chi connectivity index (χ0) is 18.8. The quantitative estimate of drug-likeness (QED) is 0.669. The van der Waals surface area contributed by atoms with Crippen molar-refractivity contribution in [3.8, 4) is 0 Å². The number of rotatable bonds is 9. The Morgan fingerprint density at radius 3 is 2.15 bits per heavy atom. The van der Waals surface area contributed by atoms with Crippen LogP contribution in [0, 0.1) is 0 Å². The second-order valence-corrected chi connectivity index (χ2v) is 6.37. The van der Waals surface area contributed by atoms with Gasteiger partial charge in [-0.2, -0.15) is 0 Å². The second-order valence-electron chi connectivity index (χ2n) is 6.37. The summed E-state index contributed by atoms with van der Waals surface area (Å²) in [6.07, 6.45) is 4.38. The van der Waals surface area contributed by atoms with Gasteiger partial charge >= 0.3 is 0 Å². The zero-order valence-corrected chi connectivity index (χ0v) is 15.7. The highest BCUT2D eigenvalue weighted by Gasteiger charge is 2.17. The summed E-state index contributed by atoms with van der Waals surface area (Å²) in [5, 5.41) is 2.87. The molecule has 0 spiro atoms. The van der Waals surface area contributed by atoms with Gasteiger partial charge in [0.1, 0.15) is 0 Å². The molecule has 0 saturated heterocycles. The van der Waals surface area contributed by atoms with Crippen molar-refractivity contribution >= 4 is 23.2 Å². The van der Waals surface area contributed by atoms with Gasteiger partial charge in [-0.3, -0.25) is 9.59 Å². The van der Waals surface area contributed by atoms with Crippen LogP contribution in [0.25, 0.3) is 0 Å². The van der Waals surface area contributed by atoms with E-state index >= 15 is 0 Å². The van der Waals surface area contributed by atoms with E-state index < -0.39 is 0 Å². The molecule has 4 heteroatoms. The molecule has 4 nitrogen and oxygen atoms in total. The average molecular weight is 352 g/mol. The topological polar surface area (TPSA) is 49.4 Å². The third-order valence-corrected chi connectivity index (χ3v) is 4.22. The van der Waals surface area contributed by atoms with E-state index in [4.69, 9.17) is 0 Å². The number of nitrogens with one attached hydrogen (secondary N) is 1. The van der Waals surface area contributed by atoms with Crippen LogP contribution in [-0.4, -0.2) is 18.4 Å². The summed E-state index contributed by atoms with van der Waals surface area (Å²) >= 11 is 0. The van der Waals surface area contributed by atoms with Gasteiger partial charge in [-0.15, -0.1) is 0 Å². The smallest absolute Gasteiger partial charge is 0.258 e. The first-order valence-corrected chi connectivity index (χ1v) is 9.42. The molecule has 2 amide bonds. The highest BCUT2D eigenvalue weighted by atomic mass is 16.2. The number of unbranched alkanes of at least 4 members (excludes halogenated alkanes) is 2. The molecule has 0 saturated carbocycles. The van der Waals surface area contributed by atoms with Crippen LogP contribution < -0.4 is 10.2 Å². The van der Waals surface area contributed by atoms with Crippen LogP contribution in [0.2, 0.25) is 0 Å². The van der Waals surface area contributed by atoms with Gasteiger partial charge in [0.25, 0.3) is 5.91 Å². The molecule has 2 aromatic carbocycles. The third kappa shape index (κ3) is 5.73. The fourth-order valence-corrected chi connectivity index (χ4v) is 2.68. The van der Waals surface area contributed by atoms with Gasteiger partial charge in [-0.1, -0.05) is 44.9 Å². The standard InChI is InChI=1S/C22H28N2O2/c1-3-5-12-21(25)23-19-15-13-18(14-16-19)22(26)24(17-6-4-2)20-10-8-7-9-11-20/h7-11,13-16H,3-6,12,17H2,1-2H3,(H,23,25). The van der Waals surface area contributed by atoms with E-state index in [2.05, 4.69) is 19.2 Å². The van der Waals surface area contributed by atoms with Crippen LogP contribution in [0.1, 0.15) is 56.3 Å². The molecule has 2 rings (SSSR count). The summed E-state index contributed by atoms with van der Waals surface area (Å²) in [6, 6.07) is 16.9. The average Bonchev–Trinajstić information content (AvgIpc) is 2.68. The first-order chi connectivity index (χ1) is 12.7. The number of anilines is 2. The summed E-state index contributed by atoms with van der Waals surface area (Å²) in [4.78, 5) is 26.6. The van der Waals surface area contributed by atoms with Crippen molar-refractivity contribution in [2.45, 2.75) is 46.0 Å². The van der Waals surface area contributed by atoms with Crippen molar-refractivity contribution in [1.82, 2.24) is 0 Å². The molecule has 0 atom stereocenters. The Morgan fingerprint density at radius 2 is 1.54 bits per heavy atom. The fourth-order valence-electron chi connectivity index (χ4n) is 2.68. The van der Waals surface area contributed by atoms with E-state index in [0.717, 1.165) is 37.1 Å². The number of hydrogen-bond acceptors (Lipinski definition) is 2. The van der Waals surface area contributed by atoms with E-state index in [1.165, 1.54) is 0 Å². The lowest BCUT2D eigenvalue weighted by molar-refractivity contribution is -0.116. The first kappa shape index (κ1) is 19.7. The summed E-state index contributed by atoms with van der Waals surface area (Å²) in [5.74, 6) is -0.00621. The molecule has 0 fully saturated rings. The number of benzene rings is 2. The van der Waals surface area contributed by atoms with Crippen LogP contribution in [0.15, 0.2) is 54.6 Å². The Labute approximate surface area is 156 Å². The zero-order valence-electron chi connectivity index (χ0n) is 15.7. The van der Waals surface area contributed by atoms with Gasteiger partial charge in [0.2, 0.25) is 5.91 Å². The van der Waals surface area contributed by atoms with Crippen molar-refractivity contribution in [2.24, 2.45) is 0 Å². The Morgan fingerprint density at radius 1 is 0.885 bits per heavy atom. The van der Waals surface area contributed by atoms with Crippen LogP contribution >= 0.6 is 0 Å². The maximum absolute atomic E-state index is 13.0. The van der Waals surface area contributed by atoms with Gasteiger partial charge in [-0.25, -0.2) is 0 Å². The monoisotopic (exact) mass is 352 g/mol. The SMILES string of the molecule is CCCCC(=O)Nc1ccc(C(=O)N(CCCC)c2ccccc2)cc1. The molecule has 0 heterocycles. The minimum absolute atomic E-state index is 0.0137. The third-order valence-electron chi connectivity index (χ3n) is 4.22. The summed E-state index contributed by atoms with van der Waals surface area (Å²) < 4.78 is 0. The molecule has 26 heavy (non-hydrogen) atoms. The molecule has 0 aromatic heterocycles. The van der Waals surface area contributed by atoms with E-state index in [1.54, 1.807) is 24.3 Å². The van der Waals surface area contributed by atoms with Gasteiger partial charge < -0.3 is 10.2 Å². The summed E-state index contributed by atoms with van der Waals surface area (Å²) in [5.41, 5.74) is 2.25. The molecule has 0 aliphatic rings. The largest absolute Gasteiger partial charge is 0.326 e. The van der Waals surface area contributed by atoms with Gasteiger partial charge in [0.15, 0.2) is 0 Å². The van der Waals surface area contributed by atoms with E-state index in [0.29, 0.717) is 18.5 Å². The van der Waals surface area contributed by atoms with Gasteiger partial charge in [0, 0.05) is 29.9 Å². The maximum Gasteiger partial charge on any atom is 0.258 e. The van der Waals surface area contributed by atoms with Crippen LogP contribution in [0.3, 0.4) is 0 Å². The minimum Gasteiger partial charge on any atom is -0.326 e. The summed E-state index contributed by atoms with van der Waals surface area (Å²) in [6.45, 7) is 4.86. The van der Waals surface area contributed by atoms with E-state index in [9.17, 15) is 9.59 Å². The number of amides is 2. The van der Waals surface area contributed by atoms with E-state index in [-0.39, 0.29) is 11.8 Å². The molecule has 0 aliphatic heterocycles. The minimum atomic E-state index is -0.0199. The Balaban J connectivity index is 2.09. The fraction of sp³-hybridized carbons (Fsp3) is 0.364. The number of nitrogens with zero attached hydrogens (tertiary/aromatic N) is 1. The predicted molar refractivity (Wildman–Crippen MR) is 108 cm³/mol. The molecule has 0 unspecified atom stereocenters. The van der Waals surface area contributed by atoms with Gasteiger partial charge in [-0.05, 0) is 49.2 Å². The molecule has 0 radical (unpaired) electrons. The molecule has 0 aliphatic carbocycles. The molecule has 0 bridgehead atoms. The van der Waals surface area contributed by atoms with E-state index in [1.807, 2.05) is 35.2 Å². The number of para-hydroxylation sites is 1. The molecule has 2 aromatic rings. The lowest BCUT2D eigenvalue weighted by Crippen LogP contribution is -2.31. The van der Waals surface area contributed by atoms with Crippen molar-refractivity contribution in [1.29, 1.82) is 0 Å². The molecular weight excluding hydrogens is 324 g/mol.